The first-order valence-electron chi connectivity index (χ1n) is 8.76. The molecular weight excluding hydrogens is 376 g/mol. The molecule has 0 saturated carbocycles. The number of hydrogen-bond donors (Lipinski definition) is 2. The van der Waals surface area contributed by atoms with E-state index in [0.717, 1.165) is 22.7 Å². The second-order valence-corrected chi connectivity index (χ2v) is 6.55. The van der Waals surface area contributed by atoms with Gasteiger partial charge in [-0.05, 0) is 55.0 Å². The van der Waals surface area contributed by atoms with Crippen LogP contribution >= 0.6 is 11.6 Å². The van der Waals surface area contributed by atoms with E-state index in [1.165, 1.54) is 7.11 Å². The highest BCUT2D eigenvalue weighted by Gasteiger charge is 2.10. The lowest BCUT2D eigenvalue weighted by Gasteiger charge is -2.13. The van der Waals surface area contributed by atoms with Gasteiger partial charge in [-0.25, -0.2) is 0 Å². The Labute approximate surface area is 169 Å². The van der Waals surface area contributed by atoms with Crippen LogP contribution in [0.4, 0.5) is 11.4 Å². The molecule has 0 aliphatic carbocycles. The fraction of sp³-hybridized carbons (Fsp3) is 0.136. The van der Waals surface area contributed by atoms with Crippen molar-refractivity contribution >= 4 is 28.9 Å². The van der Waals surface area contributed by atoms with Crippen molar-refractivity contribution in [2.24, 2.45) is 0 Å². The first-order chi connectivity index (χ1) is 13.5. The molecular formula is C22H21ClN2O3. The van der Waals surface area contributed by atoms with Crippen LogP contribution in [0.15, 0.2) is 66.7 Å². The van der Waals surface area contributed by atoms with Gasteiger partial charge in [-0.1, -0.05) is 29.8 Å². The van der Waals surface area contributed by atoms with Gasteiger partial charge in [0, 0.05) is 16.8 Å². The van der Waals surface area contributed by atoms with Gasteiger partial charge in [-0.2, -0.15) is 0 Å². The summed E-state index contributed by atoms with van der Waals surface area (Å²) in [6.07, 6.45) is 0. The minimum Gasteiger partial charge on any atom is -0.495 e. The van der Waals surface area contributed by atoms with E-state index < -0.39 is 0 Å². The van der Waals surface area contributed by atoms with Crippen LogP contribution in [0.1, 0.15) is 5.56 Å². The van der Waals surface area contributed by atoms with Crippen molar-refractivity contribution in [2.75, 3.05) is 24.3 Å². The highest BCUT2D eigenvalue weighted by molar-refractivity contribution is 6.31. The monoisotopic (exact) mass is 396 g/mol. The Hall–Kier alpha value is -3.18. The number of halogens is 1. The number of aryl methyl sites for hydroxylation is 1. The van der Waals surface area contributed by atoms with Crippen molar-refractivity contribution in [1.82, 2.24) is 0 Å². The van der Waals surface area contributed by atoms with Crippen LogP contribution in [0.5, 0.6) is 17.2 Å². The minimum atomic E-state index is -0.190. The molecule has 144 valence electrons. The van der Waals surface area contributed by atoms with E-state index in [4.69, 9.17) is 21.1 Å². The van der Waals surface area contributed by atoms with Gasteiger partial charge in [0.2, 0.25) is 5.91 Å². The Morgan fingerprint density at radius 1 is 1.00 bits per heavy atom. The van der Waals surface area contributed by atoms with E-state index in [0.29, 0.717) is 16.5 Å². The smallest absolute Gasteiger partial charge is 0.243 e. The molecule has 0 spiro atoms. The van der Waals surface area contributed by atoms with E-state index in [1.807, 2.05) is 61.5 Å². The van der Waals surface area contributed by atoms with Gasteiger partial charge >= 0.3 is 0 Å². The van der Waals surface area contributed by atoms with Gasteiger partial charge in [0.15, 0.2) is 0 Å². The first-order valence-corrected chi connectivity index (χ1v) is 9.14. The lowest BCUT2D eigenvalue weighted by Crippen LogP contribution is -2.22. The third kappa shape index (κ3) is 5.18. The van der Waals surface area contributed by atoms with Gasteiger partial charge in [0.1, 0.15) is 17.2 Å². The van der Waals surface area contributed by atoms with Gasteiger partial charge in [0.25, 0.3) is 0 Å². The molecule has 3 aromatic carbocycles. The molecule has 0 aliphatic heterocycles. The lowest BCUT2D eigenvalue weighted by molar-refractivity contribution is -0.114. The molecule has 28 heavy (non-hydrogen) atoms. The van der Waals surface area contributed by atoms with Crippen LogP contribution in [0.2, 0.25) is 5.02 Å². The van der Waals surface area contributed by atoms with Crippen LogP contribution in [-0.4, -0.2) is 19.6 Å². The SMILES string of the molecule is COc1cc(Cl)c(C)cc1NC(=O)CNc1ccc(Oc2ccccc2)cc1. The number of amides is 1. The second-order valence-electron chi connectivity index (χ2n) is 6.14. The van der Waals surface area contributed by atoms with Gasteiger partial charge in [-0.15, -0.1) is 0 Å². The number of carbonyl (C=O) groups excluding carboxylic acids is 1. The minimum absolute atomic E-state index is 0.115. The zero-order valence-electron chi connectivity index (χ0n) is 15.7. The van der Waals surface area contributed by atoms with Gasteiger partial charge in [0.05, 0.1) is 19.3 Å². The van der Waals surface area contributed by atoms with Crippen LogP contribution in [0.25, 0.3) is 0 Å². The molecule has 0 radical (unpaired) electrons. The Bertz CT molecular complexity index is 944. The zero-order valence-corrected chi connectivity index (χ0v) is 16.4. The molecule has 0 fully saturated rings. The summed E-state index contributed by atoms with van der Waals surface area (Å²) in [7, 11) is 1.54. The summed E-state index contributed by atoms with van der Waals surface area (Å²) in [5.74, 6) is 1.83. The summed E-state index contributed by atoms with van der Waals surface area (Å²) in [5, 5.41) is 6.51. The van der Waals surface area contributed by atoms with Crippen molar-refractivity contribution in [3.63, 3.8) is 0 Å². The van der Waals surface area contributed by atoms with Gasteiger partial charge in [-0.3, -0.25) is 4.79 Å². The summed E-state index contributed by atoms with van der Waals surface area (Å²) in [5.41, 5.74) is 2.26. The highest BCUT2D eigenvalue weighted by Crippen LogP contribution is 2.31. The number of para-hydroxylation sites is 1. The maximum Gasteiger partial charge on any atom is 0.243 e. The lowest BCUT2D eigenvalue weighted by atomic mass is 10.2. The van der Waals surface area contributed by atoms with Crippen LogP contribution in [-0.2, 0) is 4.79 Å². The van der Waals surface area contributed by atoms with Crippen molar-refractivity contribution in [1.29, 1.82) is 0 Å². The summed E-state index contributed by atoms with van der Waals surface area (Å²) >= 11 is 6.09. The summed E-state index contributed by atoms with van der Waals surface area (Å²) in [6.45, 7) is 1.98. The van der Waals surface area contributed by atoms with Gasteiger partial charge < -0.3 is 20.1 Å². The Morgan fingerprint density at radius 2 is 1.68 bits per heavy atom. The van der Waals surface area contributed by atoms with Crippen molar-refractivity contribution in [3.05, 3.63) is 77.3 Å². The van der Waals surface area contributed by atoms with Crippen molar-refractivity contribution in [3.8, 4) is 17.2 Å². The van der Waals surface area contributed by atoms with Crippen LogP contribution < -0.4 is 20.1 Å². The summed E-state index contributed by atoms with van der Waals surface area (Å²) in [6, 6.07) is 20.4. The maximum atomic E-state index is 12.3. The van der Waals surface area contributed by atoms with E-state index in [2.05, 4.69) is 10.6 Å². The topological polar surface area (TPSA) is 59.6 Å². The van der Waals surface area contributed by atoms with E-state index in [9.17, 15) is 4.79 Å². The predicted molar refractivity (Wildman–Crippen MR) is 113 cm³/mol. The molecule has 0 atom stereocenters. The average molecular weight is 397 g/mol. The summed E-state index contributed by atoms with van der Waals surface area (Å²) in [4.78, 5) is 12.3. The number of benzene rings is 3. The number of rotatable bonds is 7. The standard InChI is InChI=1S/C22H21ClN2O3/c1-15-12-20(21(27-2)13-19(15)23)25-22(26)14-24-16-8-10-18(11-9-16)28-17-6-4-3-5-7-17/h3-13,24H,14H2,1-2H3,(H,25,26). The molecule has 0 heterocycles. The van der Waals surface area contributed by atoms with E-state index in [-0.39, 0.29) is 12.5 Å². The molecule has 0 aliphatic rings. The number of methoxy groups -OCH3 is 1. The number of nitrogens with one attached hydrogen (secondary N) is 2. The molecule has 0 bridgehead atoms. The van der Waals surface area contributed by atoms with Crippen molar-refractivity contribution in [2.45, 2.75) is 6.92 Å². The summed E-state index contributed by atoms with van der Waals surface area (Å²) < 4.78 is 11.0. The Kier molecular flexibility index (Phi) is 6.40. The van der Waals surface area contributed by atoms with E-state index >= 15 is 0 Å². The first kappa shape index (κ1) is 19.6. The average Bonchev–Trinajstić information content (AvgIpc) is 2.71. The molecule has 3 aromatic rings. The van der Waals surface area contributed by atoms with Crippen molar-refractivity contribution < 1.29 is 14.3 Å². The Balaban J connectivity index is 1.55. The van der Waals surface area contributed by atoms with Crippen LogP contribution in [0.3, 0.4) is 0 Å². The molecule has 2 N–H and O–H groups in total. The number of hydrogen-bond acceptors (Lipinski definition) is 4. The quantitative estimate of drug-likeness (QED) is 0.553. The van der Waals surface area contributed by atoms with Crippen LogP contribution in [0, 0.1) is 6.92 Å². The molecule has 3 rings (SSSR count). The maximum absolute atomic E-state index is 12.3. The Morgan fingerprint density at radius 3 is 2.36 bits per heavy atom. The second kappa shape index (κ2) is 9.15. The third-order valence-corrected chi connectivity index (χ3v) is 4.45. The number of carbonyl (C=O) groups is 1. The molecule has 1 amide bonds. The molecule has 0 unspecified atom stereocenters. The van der Waals surface area contributed by atoms with E-state index in [1.54, 1.807) is 12.1 Å². The fourth-order valence-corrected chi connectivity index (χ4v) is 2.73. The highest BCUT2D eigenvalue weighted by atomic mass is 35.5. The predicted octanol–water partition coefficient (Wildman–Crippen LogP) is 5.50. The molecule has 0 aromatic heterocycles. The molecule has 0 saturated heterocycles. The molecule has 6 heteroatoms. The fourth-order valence-electron chi connectivity index (χ4n) is 2.57. The number of ether oxygens (including phenoxy) is 2. The number of anilines is 2. The third-order valence-electron chi connectivity index (χ3n) is 4.04. The zero-order chi connectivity index (χ0) is 19.9. The molecule has 5 nitrogen and oxygen atoms in total. The largest absolute Gasteiger partial charge is 0.495 e. The normalized spacial score (nSPS) is 10.2.